The molecular weight excluding hydrogens is 264 g/mol. The molecule has 1 aliphatic rings. The number of pyridine rings is 1. The Hall–Kier alpha value is -1.13. The van der Waals surface area contributed by atoms with Gasteiger partial charge in [-0.05, 0) is 43.7 Å². The van der Waals surface area contributed by atoms with Gasteiger partial charge in [0.25, 0.3) is 0 Å². The molecule has 2 N–H and O–H groups in total. The van der Waals surface area contributed by atoms with E-state index in [-0.39, 0.29) is 11.3 Å². The number of carbonyl (C=O) groups excluding carboxylic acids is 1. The molecule has 0 bridgehead atoms. The van der Waals surface area contributed by atoms with E-state index in [2.05, 4.69) is 4.98 Å². The molecule has 2 rings (SSSR count). The van der Waals surface area contributed by atoms with Gasteiger partial charge in [-0.2, -0.15) is 0 Å². The van der Waals surface area contributed by atoms with Gasteiger partial charge in [-0.3, -0.25) is 9.78 Å². The maximum atomic E-state index is 11.4. The molecule has 5 heteroatoms. The van der Waals surface area contributed by atoms with Crippen molar-refractivity contribution >= 4 is 17.5 Å². The van der Waals surface area contributed by atoms with Crippen LogP contribution in [0.5, 0.6) is 0 Å². The average molecular weight is 283 g/mol. The Labute approximate surface area is 118 Å². The molecule has 0 atom stereocenters. The second-order valence-electron chi connectivity index (χ2n) is 5.18. The van der Waals surface area contributed by atoms with Crippen molar-refractivity contribution in [2.45, 2.75) is 32.1 Å². The van der Waals surface area contributed by atoms with Gasteiger partial charge >= 0.3 is 0 Å². The Bertz CT molecular complexity index is 473. The van der Waals surface area contributed by atoms with Crippen molar-refractivity contribution < 1.29 is 9.53 Å². The van der Waals surface area contributed by atoms with Gasteiger partial charge in [0.15, 0.2) is 0 Å². The van der Waals surface area contributed by atoms with Crippen molar-refractivity contribution in [3.05, 3.63) is 28.5 Å². The number of amides is 1. The molecule has 1 fully saturated rings. The van der Waals surface area contributed by atoms with Crippen LogP contribution in [0.25, 0.3) is 0 Å². The molecule has 104 valence electrons. The van der Waals surface area contributed by atoms with Crippen molar-refractivity contribution in [2.24, 2.45) is 11.1 Å². The minimum Gasteiger partial charge on any atom is -0.385 e. The molecule has 1 amide bonds. The summed E-state index contributed by atoms with van der Waals surface area (Å²) in [5.41, 5.74) is 7.04. The Morgan fingerprint density at radius 1 is 1.58 bits per heavy atom. The number of carbonyl (C=O) groups is 1. The third kappa shape index (κ3) is 3.45. The lowest BCUT2D eigenvalue weighted by Gasteiger charge is -2.13. The summed E-state index contributed by atoms with van der Waals surface area (Å²) in [6, 6.07) is 1.99. The summed E-state index contributed by atoms with van der Waals surface area (Å²) in [6.07, 6.45) is 5.78. The quantitative estimate of drug-likeness (QED) is 0.779. The Kier molecular flexibility index (Phi) is 4.42. The van der Waals surface area contributed by atoms with Crippen LogP contribution in [0.4, 0.5) is 0 Å². The number of ether oxygens (including phenoxy) is 1. The Morgan fingerprint density at radius 3 is 2.89 bits per heavy atom. The van der Waals surface area contributed by atoms with Crippen LogP contribution >= 0.6 is 11.6 Å². The Morgan fingerprint density at radius 2 is 2.32 bits per heavy atom. The number of rotatable bonds is 7. The van der Waals surface area contributed by atoms with E-state index in [1.165, 1.54) is 0 Å². The fourth-order valence-electron chi connectivity index (χ4n) is 2.23. The summed E-state index contributed by atoms with van der Waals surface area (Å²) in [5.74, 6) is -0.221. The van der Waals surface area contributed by atoms with E-state index < -0.39 is 0 Å². The van der Waals surface area contributed by atoms with Gasteiger partial charge in [0.2, 0.25) is 5.91 Å². The van der Waals surface area contributed by atoms with E-state index in [0.717, 1.165) is 36.9 Å². The molecule has 0 unspecified atom stereocenters. The molecule has 0 spiro atoms. The van der Waals surface area contributed by atoms with Gasteiger partial charge in [-0.15, -0.1) is 0 Å². The van der Waals surface area contributed by atoms with Crippen LogP contribution in [0.1, 0.15) is 30.5 Å². The van der Waals surface area contributed by atoms with Crippen LogP contribution in [0.3, 0.4) is 0 Å². The summed E-state index contributed by atoms with van der Waals surface area (Å²) in [6.45, 7) is 0.713. The summed E-state index contributed by atoms with van der Waals surface area (Å²) in [4.78, 5) is 15.7. The number of aryl methyl sites for hydroxylation is 1. The van der Waals surface area contributed by atoms with Gasteiger partial charge in [0, 0.05) is 25.6 Å². The lowest BCUT2D eigenvalue weighted by atomic mass is 9.95. The van der Waals surface area contributed by atoms with Crippen LogP contribution in [0.15, 0.2) is 12.3 Å². The van der Waals surface area contributed by atoms with Gasteiger partial charge in [0.1, 0.15) is 0 Å². The van der Waals surface area contributed by atoms with Crippen molar-refractivity contribution in [3.63, 3.8) is 0 Å². The second-order valence-corrected chi connectivity index (χ2v) is 5.59. The molecule has 1 saturated carbocycles. The smallest absolute Gasteiger partial charge is 0.223 e. The van der Waals surface area contributed by atoms with Crippen LogP contribution in [0.2, 0.25) is 5.02 Å². The normalized spacial score (nSPS) is 16.3. The molecule has 0 aliphatic heterocycles. The van der Waals surface area contributed by atoms with E-state index in [0.29, 0.717) is 18.1 Å². The van der Waals surface area contributed by atoms with Crippen molar-refractivity contribution in [1.29, 1.82) is 0 Å². The van der Waals surface area contributed by atoms with Crippen LogP contribution < -0.4 is 5.73 Å². The first kappa shape index (κ1) is 14.3. The molecule has 0 saturated heterocycles. The number of nitrogens with two attached hydrogens (primary N) is 1. The topological polar surface area (TPSA) is 65.2 Å². The highest BCUT2D eigenvalue weighted by molar-refractivity contribution is 6.31. The second kappa shape index (κ2) is 5.88. The van der Waals surface area contributed by atoms with E-state index >= 15 is 0 Å². The molecule has 1 aromatic heterocycles. The zero-order valence-corrected chi connectivity index (χ0v) is 11.9. The van der Waals surface area contributed by atoms with Gasteiger partial charge in [-0.1, -0.05) is 11.6 Å². The minimum atomic E-state index is -0.366. The molecule has 19 heavy (non-hydrogen) atoms. The molecule has 0 radical (unpaired) electrons. The summed E-state index contributed by atoms with van der Waals surface area (Å²) in [5, 5.41) is 0.614. The lowest BCUT2D eigenvalue weighted by Crippen LogP contribution is -2.26. The van der Waals surface area contributed by atoms with Gasteiger partial charge in [-0.25, -0.2) is 0 Å². The largest absolute Gasteiger partial charge is 0.385 e. The molecule has 1 aliphatic carbocycles. The number of hydrogen-bond donors (Lipinski definition) is 1. The maximum absolute atomic E-state index is 11.4. The molecule has 0 aromatic carbocycles. The van der Waals surface area contributed by atoms with E-state index in [1.54, 1.807) is 13.3 Å². The first-order chi connectivity index (χ1) is 9.07. The number of aromatic nitrogens is 1. The number of halogens is 1. The van der Waals surface area contributed by atoms with Crippen LogP contribution in [-0.4, -0.2) is 24.6 Å². The predicted octanol–water partition coefficient (Wildman–Crippen LogP) is 2.12. The van der Waals surface area contributed by atoms with E-state index in [9.17, 15) is 4.79 Å². The summed E-state index contributed by atoms with van der Waals surface area (Å²) in [7, 11) is 1.68. The van der Waals surface area contributed by atoms with E-state index in [4.69, 9.17) is 22.1 Å². The van der Waals surface area contributed by atoms with Crippen molar-refractivity contribution in [1.82, 2.24) is 4.98 Å². The number of methoxy groups -OCH3 is 1. The maximum Gasteiger partial charge on any atom is 0.223 e. The third-order valence-corrected chi connectivity index (χ3v) is 4.02. The van der Waals surface area contributed by atoms with Crippen molar-refractivity contribution in [2.75, 3.05) is 13.7 Å². The first-order valence-electron chi connectivity index (χ1n) is 6.49. The van der Waals surface area contributed by atoms with Crippen molar-refractivity contribution in [3.8, 4) is 0 Å². The van der Waals surface area contributed by atoms with Crippen LogP contribution in [-0.2, 0) is 22.4 Å². The zero-order valence-electron chi connectivity index (χ0n) is 11.1. The number of hydrogen-bond acceptors (Lipinski definition) is 3. The zero-order chi connectivity index (χ0) is 13.9. The first-order valence-corrected chi connectivity index (χ1v) is 6.87. The van der Waals surface area contributed by atoms with E-state index in [1.807, 2.05) is 6.07 Å². The van der Waals surface area contributed by atoms with Gasteiger partial charge in [0.05, 0.1) is 10.4 Å². The SMILES string of the molecule is COCCCc1cc(CC2(C(N)=O)CC2)c(Cl)cn1. The lowest BCUT2D eigenvalue weighted by molar-refractivity contribution is -0.123. The molecule has 4 nitrogen and oxygen atoms in total. The molecule has 1 heterocycles. The predicted molar refractivity (Wildman–Crippen MR) is 74.0 cm³/mol. The fraction of sp³-hybridized carbons (Fsp3) is 0.571. The number of primary amides is 1. The highest BCUT2D eigenvalue weighted by Gasteiger charge is 2.48. The average Bonchev–Trinajstić information content (AvgIpc) is 3.15. The molecular formula is C14H19ClN2O2. The fourth-order valence-corrected chi connectivity index (χ4v) is 2.40. The minimum absolute atomic E-state index is 0.221. The van der Waals surface area contributed by atoms with Crippen LogP contribution in [0, 0.1) is 5.41 Å². The Balaban J connectivity index is 2.07. The summed E-state index contributed by atoms with van der Waals surface area (Å²) >= 11 is 6.16. The number of nitrogens with zero attached hydrogens (tertiary/aromatic N) is 1. The standard InChI is InChI=1S/C14H19ClN2O2/c1-19-6-2-3-11-7-10(12(15)9-17-11)8-14(4-5-14)13(16)18/h7,9H,2-6,8H2,1H3,(H2,16,18). The molecule has 1 aromatic rings. The monoisotopic (exact) mass is 282 g/mol. The third-order valence-electron chi connectivity index (χ3n) is 3.68. The van der Waals surface area contributed by atoms with Gasteiger partial charge < -0.3 is 10.5 Å². The highest BCUT2D eigenvalue weighted by Crippen LogP contribution is 2.48. The summed E-state index contributed by atoms with van der Waals surface area (Å²) < 4.78 is 5.02. The highest BCUT2D eigenvalue weighted by atomic mass is 35.5.